The van der Waals surface area contributed by atoms with Crippen LogP contribution < -0.4 is 0 Å². The highest BCUT2D eigenvalue weighted by atomic mass is 35.5. The molecule has 0 N–H and O–H groups in total. The van der Waals surface area contributed by atoms with Crippen LogP contribution in [0.2, 0.25) is 5.02 Å². The molecule has 4 aromatic rings. The fraction of sp³-hybridized carbons (Fsp3) is 0.235. The molecule has 4 rings (SSSR count). The van der Waals surface area contributed by atoms with Crippen molar-refractivity contribution in [2.75, 3.05) is 5.75 Å². The van der Waals surface area contributed by atoms with Crippen LogP contribution in [-0.4, -0.2) is 29.9 Å². The normalized spacial score (nSPS) is 12.4. The van der Waals surface area contributed by atoms with Gasteiger partial charge in [-0.3, -0.25) is 0 Å². The van der Waals surface area contributed by atoms with Gasteiger partial charge in [-0.2, -0.15) is 18.3 Å². The number of hydrogen-bond acceptors (Lipinski definition) is 4. The maximum absolute atomic E-state index is 13.0. The van der Waals surface area contributed by atoms with Crippen LogP contribution in [0, 0.1) is 0 Å². The first kappa shape index (κ1) is 18.1. The zero-order valence-electron chi connectivity index (χ0n) is 14.3. The van der Waals surface area contributed by atoms with Crippen LogP contribution in [0.5, 0.6) is 0 Å². The second-order valence-electron chi connectivity index (χ2n) is 5.85. The molecule has 0 atom stereocenters. The predicted octanol–water partition coefficient (Wildman–Crippen LogP) is 5.07. The van der Waals surface area contributed by atoms with Crippen LogP contribution in [0.15, 0.2) is 35.5 Å². The van der Waals surface area contributed by atoms with Gasteiger partial charge in [-0.15, -0.1) is 11.8 Å². The smallest absolute Gasteiger partial charge is 0.310 e. The minimum atomic E-state index is -4.47. The zero-order valence-corrected chi connectivity index (χ0v) is 15.8. The van der Waals surface area contributed by atoms with Crippen LogP contribution >= 0.6 is 23.4 Å². The van der Waals surface area contributed by atoms with E-state index in [1.54, 1.807) is 40.2 Å². The second-order valence-corrected chi connectivity index (χ2v) is 7.56. The lowest BCUT2D eigenvalue weighted by Gasteiger charge is -2.05. The molecule has 5 nitrogen and oxygen atoms in total. The Bertz CT molecular complexity index is 1160. The van der Waals surface area contributed by atoms with E-state index >= 15 is 0 Å². The van der Waals surface area contributed by atoms with Crippen molar-refractivity contribution in [1.82, 2.24) is 24.1 Å². The van der Waals surface area contributed by atoms with Gasteiger partial charge in [0.2, 0.25) is 0 Å². The number of fused-ring (bicyclic) bond motifs is 2. The first-order valence-electron chi connectivity index (χ1n) is 8.00. The highest BCUT2D eigenvalue weighted by Crippen LogP contribution is 2.36. The van der Waals surface area contributed by atoms with E-state index in [9.17, 15) is 13.2 Å². The molecule has 0 amide bonds. The molecule has 0 spiro atoms. The van der Waals surface area contributed by atoms with Crippen molar-refractivity contribution >= 4 is 40.0 Å². The first-order valence-corrected chi connectivity index (χ1v) is 9.36. The number of hydrogen-bond donors (Lipinski definition) is 0. The third kappa shape index (κ3) is 3.04. The molecule has 0 fully saturated rings. The summed E-state index contributed by atoms with van der Waals surface area (Å²) in [6, 6.07) is 4.64. The molecule has 0 bridgehead atoms. The minimum absolute atomic E-state index is 0.171. The van der Waals surface area contributed by atoms with Crippen molar-refractivity contribution in [1.29, 1.82) is 0 Å². The zero-order chi connectivity index (χ0) is 19.3. The molecule has 0 aromatic carbocycles. The molecule has 0 aliphatic rings. The van der Waals surface area contributed by atoms with E-state index in [0.717, 1.165) is 28.4 Å². The summed E-state index contributed by atoms with van der Waals surface area (Å²) >= 11 is 7.64. The van der Waals surface area contributed by atoms with Gasteiger partial charge in [-0.1, -0.05) is 18.5 Å². The van der Waals surface area contributed by atoms with Gasteiger partial charge in [0.05, 0.1) is 21.0 Å². The molecular weight excluding hydrogens is 399 g/mol. The van der Waals surface area contributed by atoms with Crippen LogP contribution in [0.4, 0.5) is 13.2 Å². The number of halogens is 4. The number of rotatable bonds is 3. The van der Waals surface area contributed by atoms with E-state index in [1.807, 2.05) is 13.0 Å². The molecule has 10 heteroatoms. The van der Waals surface area contributed by atoms with Gasteiger partial charge < -0.3 is 4.57 Å². The molecule has 27 heavy (non-hydrogen) atoms. The standard InChI is InChI=1S/C17H13ClF3N5S/c1-3-27-14-12-5-4-10(18)8-26(12)24-13(14)16-23-11-6-9(17(19,20)21)7-22-15(11)25(16)2/h4-8H,3H2,1-2H3. The van der Waals surface area contributed by atoms with E-state index in [-0.39, 0.29) is 5.52 Å². The summed E-state index contributed by atoms with van der Waals surface area (Å²) < 4.78 is 42.3. The fourth-order valence-electron chi connectivity index (χ4n) is 2.88. The lowest BCUT2D eigenvalue weighted by atomic mass is 10.2. The van der Waals surface area contributed by atoms with Crippen molar-refractivity contribution in [3.63, 3.8) is 0 Å². The van der Waals surface area contributed by atoms with Gasteiger partial charge in [0.25, 0.3) is 0 Å². The highest BCUT2D eigenvalue weighted by Gasteiger charge is 2.32. The van der Waals surface area contributed by atoms with E-state index < -0.39 is 11.7 Å². The summed E-state index contributed by atoms with van der Waals surface area (Å²) in [6.07, 6.45) is -1.97. The first-order chi connectivity index (χ1) is 12.8. The van der Waals surface area contributed by atoms with Gasteiger partial charge in [0.15, 0.2) is 11.5 Å². The molecule has 0 aliphatic carbocycles. The third-order valence-electron chi connectivity index (χ3n) is 4.09. The Kier molecular flexibility index (Phi) is 4.31. The summed E-state index contributed by atoms with van der Waals surface area (Å²) in [7, 11) is 1.71. The minimum Gasteiger partial charge on any atom is -0.310 e. The maximum Gasteiger partial charge on any atom is 0.417 e. The summed E-state index contributed by atoms with van der Waals surface area (Å²) in [5.74, 6) is 1.25. The number of alkyl halides is 3. The summed E-state index contributed by atoms with van der Waals surface area (Å²) in [5, 5.41) is 5.10. The van der Waals surface area contributed by atoms with E-state index in [4.69, 9.17) is 11.6 Å². The molecule has 4 heterocycles. The van der Waals surface area contributed by atoms with Crippen LogP contribution in [-0.2, 0) is 13.2 Å². The SMILES string of the molecule is CCSc1c(-c2nc3cc(C(F)(F)F)cnc3n2C)nn2cc(Cl)ccc12. The Labute approximate surface area is 161 Å². The molecule has 4 aromatic heterocycles. The number of thioether (sulfide) groups is 1. The van der Waals surface area contributed by atoms with E-state index in [1.165, 1.54) is 0 Å². The van der Waals surface area contributed by atoms with Crippen LogP contribution in [0.1, 0.15) is 12.5 Å². The molecule has 0 aliphatic heterocycles. The van der Waals surface area contributed by atoms with E-state index in [2.05, 4.69) is 15.1 Å². The molecule has 0 radical (unpaired) electrons. The Morgan fingerprint density at radius 2 is 2.04 bits per heavy atom. The average molecular weight is 412 g/mol. The van der Waals surface area contributed by atoms with Crippen molar-refractivity contribution in [3.8, 4) is 11.5 Å². The number of aryl methyl sites for hydroxylation is 1. The Hall–Kier alpha value is -2.26. The largest absolute Gasteiger partial charge is 0.417 e. The summed E-state index contributed by atoms with van der Waals surface area (Å²) in [5.41, 5.74) is 1.14. The van der Waals surface area contributed by atoms with Gasteiger partial charge in [0, 0.05) is 19.4 Å². The number of pyridine rings is 2. The van der Waals surface area contributed by atoms with Crippen molar-refractivity contribution < 1.29 is 13.2 Å². The molecule has 0 unspecified atom stereocenters. The van der Waals surface area contributed by atoms with Crippen molar-refractivity contribution in [2.24, 2.45) is 7.05 Å². The average Bonchev–Trinajstić information content (AvgIpc) is 3.12. The van der Waals surface area contributed by atoms with Crippen LogP contribution in [0.25, 0.3) is 28.2 Å². The number of aromatic nitrogens is 5. The summed E-state index contributed by atoms with van der Waals surface area (Å²) in [4.78, 5) is 9.24. The molecule has 0 saturated carbocycles. The number of nitrogens with zero attached hydrogens (tertiary/aromatic N) is 5. The maximum atomic E-state index is 13.0. The molecule has 0 saturated heterocycles. The quantitative estimate of drug-likeness (QED) is 0.442. The lowest BCUT2D eigenvalue weighted by Crippen LogP contribution is -2.05. The third-order valence-corrected chi connectivity index (χ3v) is 5.29. The van der Waals surface area contributed by atoms with Gasteiger partial charge in [0.1, 0.15) is 11.2 Å². The second kappa shape index (κ2) is 6.42. The predicted molar refractivity (Wildman–Crippen MR) is 99.1 cm³/mol. The Morgan fingerprint density at radius 3 is 2.74 bits per heavy atom. The molecule has 140 valence electrons. The highest BCUT2D eigenvalue weighted by molar-refractivity contribution is 7.99. The van der Waals surface area contributed by atoms with E-state index in [0.29, 0.717) is 22.2 Å². The topological polar surface area (TPSA) is 48.0 Å². The van der Waals surface area contributed by atoms with Gasteiger partial charge >= 0.3 is 6.18 Å². The van der Waals surface area contributed by atoms with Gasteiger partial charge in [-0.25, -0.2) is 14.5 Å². The number of imidazole rings is 1. The van der Waals surface area contributed by atoms with Crippen LogP contribution in [0.3, 0.4) is 0 Å². The van der Waals surface area contributed by atoms with Gasteiger partial charge in [-0.05, 0) is 24.0 Å². The van der Waals surface area contributed by atoms with Crippen molar-refractivity contribution in [3.05, 3.63) is 41.2 Å². The Morgan fingerprint density at radius 1 is 1.26 bits per heavy atom. The molecular formula is C17H13ClF3N5S. The lowest BCUT2D eigenvalue weighted by molar-refractivity contribution is -0.137. The fourth-order valence-corrected chi connectivity index (χ4v) is 3.90. The summed E-state index contributed by atoms with van der Waals surface area (Å²) in [6.45, 7) is 2.01. The monoisotopic (exact) mass is 411 g/mol. The Balaban J connectivity index is 1.96. The van der Waals surface area contributed by atoms with Crippen molar-refractivity contribution in [2.45, 2.75) is 18.0 Å².